The van der Waals surface area contributed by atoms with Crippen LogP contribution in [-0.4, -0.2) is 24.6 Å². The van der Waals surface area contributed by atoms with Crippen LogP contribution in [0.2, 0.25) is 5.02 Å². The molecular weight excluding hydrogens is 559 g/mol. The molecule has 0 amide bonds. The van der Waals surface area contributed by atoms with E-state index in [-0.39, 0.29) is 36.7 Å². The minimum Gasteiger partial charge on any atom is -0.376 e. The van der Waals surface area contributed by atoms with Gasteiger partial charge in [0.05, 0.1) is 24.3 Å². The van der Waals surface area contributed by atoms with E-state index in [2.05, 4.69) is 27.9 Å². The van der Waals surface area contributed by atoms with Gasteiger partial charge in [-0.25, -0.2) is 0 Å². The summed E-state index contributed by atoms with van der Waals surface area (Å²) in [6, 6.07) is 8.84. The lowest BCUT2D eigenvalue weighted by atomic mass is 9.89. The number of nitrogens with one attached hydrogen (secondary N) is 1. The van der Waals surface area contributed by atoms with E-state index in [0.717, 1.165) is 5.56 Å². The quantitative estimate of drug-likeness (QED) is 0.235. The molecule has 10 heteroatoms. The van der Waals surface area contributed by atoms with E-state index >= 15 is 0 Å². The van der Waals surface area contributed by atoms with E-state index in [1.807, 2.05) is 17.1 Å². The molecule has 1 aliphatic heterocycles. The highest BCUT2D eigenvalue weighted by atomic mass is 127. The Morgan fingerprint density at radius 2 is 1.48 bits per heavy atom. The van der Waals surface area contributed by atoms with Gasteiger partial charge in [-0.15, -0.1) is 0 Å². The van der Waals surface area contributed by atoms with Crippen molar-refractivity contribution in [3.63, 3.8) is 0 Å². The maximum absolute atomic E-state index is 12.9. The van der Waals surface area contributed by atoms with E-state index in [1.165, 1.54) is 0 Å². The fourth-order valence-electron chi connectivity index (χ4n) is 3.44. The highest BCUT2D eigenvalue weighted by molar-refractivity contribution is 14.1. The summed E-state index contributed by atoms with van der Waals surface area (Å²) >= 11 is 8.05. The summed E-state index contributed by atoms with van der Waals surface area (Å²) in [4.78, 5) is 1.97. The van der Waals surface area contributed by atoms with E-state index in [9.17, 15) is 26.3 Å². The SMILES string of the molecule is CI.FC(F)(F)c1cc(COC[C@H]2CNC[C@H]2c2ccc(Cl)cc2)cc(C(F)(F)F)c1. The zero-order valence-electron chi connectivity index (χ0n) is 16.5. The van der Waals surface area contributed by atoms with Crippen LogP contribution in [0.1, 0.15) is 28.2 Å². The van der Waals surface area contributed by atoms with Gasteiger partial charge in [-0.2, -0.15) is 26.3 Å². The molecule has 1 fully saturated rings. The van der Waals surface area contributed by atoms with Crippen molar-refractivity contribution in [1.29, 1.82) is 0 Å². The lowest BCUT2D eigenvalue weighted by molar-refractivity contribution is -0.143. The van der Waals surface area contributed by atoms with E-state index in [1.54, 1.807) is 12.1 Å². The van der Waals surface area contributed by atoms with Crippen molar-refractivity contribution in [1.82, 2.24) is 5.32 Å². The number of ether oxygens (including phenoxy) is 1. The smallest absolute Gasteiger partial charge is 0.376 e. The molecule has 0 spiro atoms. The van der Waals surface area contributed by atoms with Crippen LogP contribution < -0.4 is 5.32 Å². The van der Waals surface area contributed by atoms with Gasteiger partial charge in [-0.05, 0) is 46.4 Å². The number of benzene rings is 2. The standard InChI is InChI=1S/C20H18ClF6NO.CH3I/c21-17-3-1-13(2-4-17)18-9-28-8-14(18)11-29-10-12-5-15(19(22,23)24)7-16(6-12)20(25,26)27;1-2/h1-7,14,18,28H,8-11H2;1H3/t14-,18+;/m1./s1. The number of hydrogen-bond donors (Lipinski definition) is 1. The first-order chi connectivity index (χ1) is 14.5. The third-order valence-corrected chi connectivity index (χ3v) is 5.14. The molecule has 1 N–H and O–H groups in total. The van der Waals surface area contributed by atoms with Gasteiger partial charge in [0.1, 0.15) is 0 Å². The van der Waals surface area contributed by atoms with Crippen molar-refractivity contribution in [2.75, 3.05) is 24.6 Å². The second kappa shape index (κ2) is 11.2. The molecule has 2 nitrogen and oxygen atoms in total. The van der Waals surface area contributed by atoms with Crippen LogP contribution in [0.5, 0.6) is 0 Å². The van der Waals surface area contributed by atoms with Gasteiger partial charge in [0.2, 0.25) is 0 Å². The first-order valence-corrected chi connectivity index (χ1v) is 11.8. The van der Waals surface area contributed by atoms with E-state index in [0.29, 0.717) is 30.2 Å². The summed E-state index contributed by atoms with van der Waals surface area (Å²) in [7, 11) is 0. The summed E-state index contributed by atoms with van der Waals surface area (Å²) in [5.41, 5.74) is -1.80. The Labute approximate surface area is 195 Å². The Bertz CT molecular complexity index is 809. The normalized spacial score (nSPS) is 19.1. The second-order valence-electron chi connectivity index (χ2n) is 7.01. The summed E-state index contributed by atoms with van der Waals surface area (Å²) in [5, 5.41) is 3.84. The average molecular weight is 580 g/mol. The minimum atomic E-state index is -4.87. The van der Waals surface area contributed by atoms with Gasteiger partial charge in [-0.1, -0.05) is 46.3 Å². The molecule has 1 heterocycles. The van der Waals surface area contributed by atoms with E-state index < -0.39 is 23.5 Å². The number of alkyl halides is 7. The lowest BCUT2D eigenvalue weighted by Gasteiger charge is -2.20. The third kappa shape index (κ3) is 7.50. The molecular formula is C21H21ClF6INO. The molecule has 172 valence electrons. The van der Waals surface area contributed by atoms with Crippen LogP contribution in [0, 0.1) is 5.92 Å². The van der Waals surface area contributed by atoms with Crippen LogP contribution >= 0.6 is 34.2 Å². The van der Waals surface area contributed by atoms with Crippen molar-refractivity contribution in [3.8, 4) is 0 Å². The summed E-state index contributed by atoms with van der Waals surface area (Å²) in [6.07, 6.45) is -9.74. The zero-order valence-corrected chi connectivity index (χ0v) is 19.4. The van der Waals surface area contributed by atoms with Gasteiger partial charge in [-0.3, -0.25) is 0 Å². The number of hydrogen-bond acceptors (Lipinski definition) is 2. The molecule has 0 radical (unpaired) electrons. The van der Waals surface area contributed by atoms with Gasteiger partial charge in [0, 0.05) is 29.9 Å². The van der Waals surface area contributed by atoms with Gasteiger partial charge in [0.15, 0.2) is 0 Å². The molecule has 1 aliphatic rings. The second-order valence-corrected chi connectivity index (χ2v) is 7.44. The van der Waals surface area contributed by atoms with Crippen LogP contribution in [0.25, 0.3) is 0 Å². The molecule has 2 aromatic rings. The van der Waals surface area contributed by atoms with E-state index in [4.69, 9.17) is 16.3 Å². The predicted molar refractivity (Wildman–Crippen MR) is 117 cm³/mol. The number of halogens is 8. The van der Waals surface area contributed by atoms with Gasteiger partial charge >= 0.3 is 12.4 Å². The monoisotopic (exact) mass is 579 g/mol. The predicted octanol–water partition coefficient (Wildman–Crippen LogP) is 6.95. The van der Waals surface area contributed by atoms with Crippen molar-refractivity contribution >= 4 is 34.2 Å². The molecule has 2 atom stereocenters. The Balaban J connectivity index is 0.00000166. The average Bonchev–Trinajstić information content (AvgIpc) is 3.17. The topological polar surface area (TPSA) is 21.3 Å². The molecule has 1 saturated heterocycles. The maximum atomic E-state index is 12.9. The number of rotatable bonds is 5. The van der Waals surface area contributed by atoms with Crippen LogP contribution in [-0.2, 0) is 23.7 Å². The molecule has 3 rings (SSSR count). The minimum absolute atomic E-state index is 0.0454. The highest BCUT2D eigenvalue weighted by Gasteiger charge is 2.37. The zero-order chi connectivity index (χ0) is 23.2. The van der Waals surface area contributed by atoms with Crippen molar-refractivity contribution in [2.24, 2.45) is 5.92 Å². The molecule has 0 saturated carbocycles. The molecule has 0 bridgehead atoms. The summed E-state index contributed by atoms with van der Waals surface area (Å²) < 4.78 is 83.2. The van der Waals surface area contributed by atoms with Crippen molar-refractivity contribution in [2.45, 2.75) is 24.9 Å². The fraction of sp³-hybridized carbons (Fsp3) is 0.429. The highest BCUT2D eigenvalue weighted by Crippen LogP contribution is 2.36. The maximum Gasteiger partial charge on any atom is 0.416 e. The van der Waals surface area contributed by atoms with Crippen LogP contribution in [0.4, 0.5) is 26.3 Å². The Kier molecular flexibility index (Phi) is 9.47. The largest absolute Gasteiger partial charge is 0.416 e. The first-order valence-electron chi connectivity index (χ1n) is 9.24. The van der Waals surface area contributed by atoms with Gasteiger partial charge < -0.3 is 10.1 Å². The van der Waals surface area contributed by atoms with Crippen LogP contribution in [0.3, 0.4) is 0 Å². The Morgan fingerprint density at radius 3 is 2.00 bits per heavy atom. The molecule has 0 aliphatic carbocycles. The summed E-state index contributed by atoms with van der Waals surface area (Å²) in [6.45, 7) is 1.22. The first kappa shape index (κ1) is 26.2. The fourth-order valence-corrected chi connectivity index (χ4v) is 3.57. The third-order valence-electron chi connectivity index (χ3n) is 4.89. The lowest BCUT2D eigenvalue weighted by Crippen LogP contribution is -2.18. The Hall–Kier alpha value is -1.04. The molecule has 0 aromatic heterocycles. The molecule has 0 unspecified atom stereocenters. The van der Waals surface area contributed by atoms with Crippen LogP contribution in [0.15, 0.2) is 42.5 Å². The molecule has 31 heavy (non-hydrogen) atoms. The van der Waals surface area contributed by atoms with Gasteiger partial charge in [0.25, 0.3) is 0 Å². The summed E-state index contributed by atoms with van der Waals surface area (Å²) in [5.74, 6) is 0.170. The van der Waals surface area contributed by atoms with Crippen molar-refractivity contribution in [3.05, 3.63) is 69.7 Å². The Morgan fingerprint density at radius 1 is 0.935 bits per heavy atom. The van der Waals surface area contributed by atoms with Crippen molar-refractivity contribution < 1.29 is 31.1 Å². The molecule has 2 aromatic carbocycles.